The van der Waals surface area contributed by atoms with Crippen molar-refractivity contribution < 1.29 is 8.42 Å². The van der Waals surface area contributed by atoms with Crippen molar-refractivity contribution in [3.05, 3.63) is 23.2 Å². The molecule has 98 valence electrons. The van der Waals surface area contributed by atoms with Crippen molar-refractivity contribution in [2.75, 3.05) is 18.8 Å². The average molecular weight is 287 g/mol. The van der Waals surface area contributed by atoms with Gasteiger partial charge in [0.25, 0.3) is 0 Å². The van der Waals surface area contributed by atoms with Crippen molar-refractivity contribution in [2.45, 2.75) is 18.2 Å². The van der Waals surface area contributed by atoms with E-state index in [1.54, 1.807) is 6.07 Å². The zero-order chi connectivity index (χ0) is 13.8. The molecule has 0 bridgehead atoms. The van der Waals surface area contributed by atoms with Crippen LogP contribution >= 0.6 is 11.6 Å². The van der Waals surface area contributed by atoms with Crippen molar-refractivity contribution in [1.29, 1.82) is 0 Å². The number of benzene rings is 1. The van der Waals surface area contributed by atoms with Gasteiger partial charge >= 0.3 is 0 Å². The summed E-state index contributed by atoms with van der Waals surface area (Å²) in [4.78, 5) is -0.00120. The monoisotopic (exact) mass is 286 g/mol. The SMILES string of the molecule is C#CCN(CCC)S(=O)(=O)c1cc(Cl)ccc1N. The van der Waals surface area contributed by atoms with E-state index in [0.717, 1.165) is 0 Å². The third-order valence-corrected chi connectivity index (χ3v) is 4.47. The zero-order valence-electron chi connectivity index (χ0n) is 10.1. The summed E-state index contributed by atoms with van der Waals surface area (Å²) in [5, 5.41) is 0.319. The minimum absolute atomic E-state index is 0.00120. The maximum absolute atomic E-state index is 12.4. The van der Waals surface area contributed by atoms with Gasteiger partial charge in [0.1, 0.15) is 4.90 Å². The number of hydrogen-bond acceptors (Lipinski definition) is 3. The highest BCUT2D eigenvalue weighted by molar-refractivity contribution is 7.89. The first kappa shape index (κ1) is 14.8. The van der Waals surface area contributed by atoms with E-state index in [4.69, 9.17) is 23.8 Å². The van der Waals surface area contributed by atoms with Crippen molar-refractivity contribution in [3.8, 4) is 12.3 Å². The maximum Gasteiger partial charge on any atom is 0.246 e. The molecule has 0 saturated carbocycles. The van der Waals surface area contributed by atoms with E-state index in [9.17, 15) is 8.42 Å². The molecule has 1 aromatic rings. The molecule has 0 unspecified atom stereocenters. The van der Waals surface area contributed by atoms with Crippen molar-refractivity contribution >= 4 is 27.3 Å². The summed E-state index contributed by atoms with van der Waals surface area (Å²) in [6, 6.07) is 4.35. The summed E-state index contributed by atoms with van der Waals surface area (Å²) in [5.74, 6) is 2.34. The molecule has 6 heteroatoms. The Morgan fingerprint density at radius 2 is 2.17 bits per heavy atom. The summed E-state index contributed by atoms with van der Waals surface area (Å²) in [7, 11) is -3.70. The first-order chi connectivity index (χ1) is 8.43. The number of halogens is 1. The van der Waals surface area contributed by atoms with E-state index in [2.05, 4.69) is 5.92 Å². The normalized spacial score (nSPS) is 11.4. The number of anilines is 1. The van der Waals surface area contributed by atoms with Crippen LogP contribution in [0.2, 0.25) is 5.02 Å². The molecule has 0 atom stereocenters. The third kappa shape index (κ3) is 3.16. The fourth-order valence-corrected chi connectivity index (χ4v) is 3.33. The minimum atomic E-state index is -3.70. The Labute approximate surface area is 113 Å². The predicted molar refractivity (Wildman–Crippen MR) is 73.7 cm³/mol. The number of hydrogen-bond donors (Lipinski definition) is 1. The van der Waals surface area contributed by atoms with Crippen LogP contribution in [0.5, 0.6) is 0 Å². The van der Waals surface area contributed by atoms with Crippen LogP contribution in [0.1, 0.15) is 13.3 Å². The highest BCUT2D eigenvalue weighted by Crippen LogP contribution is 2.25. The van der Waals surface area contributed by atoms with Gasteiger partial charge < -0.3 is 5.73 Å². The van der Waals surface area contributed by atoms with Gasteiger partial charge in [-0.15, -0.1) is 6.42 Å². The highest BCUT2D eigenvalue weighted by atomic mass is 35.5. The quantitative estimate of drug-likeness (QED) is 0.665. The van der Waals surface area contributed by atoms with E-state index < -0.39 is 10.0 Å². The van der Waals surface area contributed by atoms with Crippen LogP contribution in [0.3, 0.4) is 0 Å². The Morgan fingerprint density at radius 3 is 2.72 bits per heavy atom. The van der Waals surface area contributed by atoms with Gasteiger partial charge in [-0.3, -0.25) is 0 Å². The Bertz CT molecular complexity index is 564. The van der Waals surface area contributed by atoms with Crippen LogP contribution in [0.25, 0.3) is 0 Å². The van der Waals surface area contributed by atoms with Crippen LogP contribution in [0, 0.1) is 12.3 Å². The molecular formula is C12H15ClN2O2S. The van der Waals surface area contributed by atoms with E-state index in [-0.39, 0.29) is 17.1 Å². The highest BCUT2D eigenvalue weighted by Gasteiger charge is 2.25. The molecule has 0 aliphatic rings. The van der Waals surface area contributed by atoms with Gasteiger partial charge in [-0.2, -0.15) is 4.31 Å². The zero-order valence-corrected chi connectivity index (χ0v) is 11.6. The molecule has 0 fully saturated rings. The molecule has 0 saturated heterocycles. The number of sulfonamides is 1. The fourth-order valence-electron chi connectivity index (χ4n) is 1.51. The smallest absolute Gasteiger partial charge is 0.246 e. The second-order valence-electron chi connectivity index (χ2n) is 3.72. The van der Waals surface area contributed by atoms with Gasteiger partial charge in [-0.1, -0.05) is 24.4 Å². The lowest BCUT2D eigenvalue weighted by Gasteiger charge is -2.20. The summed E-state index contributed by atoms with van der Waals surface area (Å²) < 4.78 is 26.0. The molecule has 0 heterocycles. The molecule has 0 aromatic heterocycles. The standard InChI is InChI=1S/C12H15ClN2O2S/c1-3-7-15(8-4-2)18(16,17)12-9-10(13)5-6-11(12)14/h1,5-6,9H,4,7-8,14H2,2H3. The second-order valence-corrected chi connectivity index (χ2v) is 6.07. The van der Waals surface area contributed by atoms with Crippen molar-refractivity contribution in [3.63, 3.8) is 0 Å². The van der Waals surface area contributed by atoms with Gasteiger partial charge in [-0.05, 0) is 24.6 Å². The molecule has 0 amide bonds. The van der Waals surface area contributed by atoms with Crippen LogP contribution in [0.15, 0.2) is 23.1 Å². The molecule has 0 radical (unpaired) electrons. The minimum Gasteiger partial charge on any atom is -0.398 e. The first-order valence-corrected chi connectivity index (χ1v) is 7.24. The predicted octanol–water partition coefficient (Wildman–Crippen LogP) is 1.96. The van der Waals surface area contributed by atoms with Crippen LogP contribution in [0.4, 0.5) is 5.69 Å². The third-order valence-electron chi connectivity index (χ3n) is 2.33. The van der Waals surface area contributed by atoms with Crippen LogP contribution in [-0.2, 0) is 10.0 Å². The number of nitrogens with two attached hydrogens (primary N) is 1. The van der Waals surface area contributed by atoms with Gasteiger partial charge in [0.2, 0.25) is 10.0 Å². The lowest BCUT2D eigenvalue weighted by Crippen LogP contribution is -2.32. The van der Waals surface area contributed by atoms with Crippen LogP contribution < -0.4 is 5.73 Å². The lowest BCUT2D eigenvalue weighted by atomic mass is 10.3. The molecule has 1 rings (SSSR count). The van der Waals surface area contributed by atoms with E-state index in [0.29, 0.717) is 18.0 Å². The topological polar surface area (TPSA) is 63.4 Å². The van der Waals surface area contributed by atoms with Gasteiger partial charge in [0.15, 0.2) is 0 Å². The second kappa shape index (κ2) is 6.10. The lowest BCUT2D eigenvalue weighted by molar-refractivity contribution is 0.446. The summed E-state index contributed by atoms with van der Waals surface area (Å²) in [6.07, 6.45) is 5.86. The number of terminal acetylenes is 1. The Morgan fingerprint density at radius 1 is 1.50 bits per heavy atom. The van der Waals surface area contributed by atoms with E-state index in [1.165, 1.54) is 16.4 Å². The number of rotatable bonds is 5. The van der Waals surface area contributed by atoms with Crippen LogP contribution in [-0.4, -0.2) is 25.8 Å². The molecule has 0 spiro atoms. The van der Waals surface area contributed by atoms with Gasteiger partial charge in [0.05, 0.1) is 12.2 Å². The van der Waals surface area contributed by atoms with E-state index in [1.807, 2.05) is 6.92 Å². The number of nitrogens with zero attached hydrogens (tertiary/aromatic N) is 1. The summed E-state index contributed by atoms with van der Waals surface area (Å²) >= 11 is 5.80. The molecule has 2 N–H and O–H groups in total. The molecule has 0 aliphatic heterocycles. The van der Waals surface area contributed by atoms with Gasteiger partial charge in [0, 0.05) is 11.6 Å². The molecule has 18 heavy (non-hydrogen) atoms. The fraction of sp³-hybridized carbons (Fsp3) is 0.333. The molecule has 4 nitrogen and oxygen atoms in total. The summed E-state index contributed by atoms with van der Waals surface area (Å²) in [5.41, 5.74) is 5.85. The Balaban J connectivity index is 3.26. The largest absolute Gasteiger partial charge is 0.398 e. The van der Waals surface area contributed by atoms with Gasteiger partial charge in [-0.25, -0.2) is 8.42 Å². The molecule has 0 aliphatic carbocycles. The van der Waals surface area contributed by atoms with E-state index >= 15 is 0 Å². The average Bonchev–Trinajstić information content (AvgIpc) is 2.32. The molecule has 1 aromatic carbocycles. The van der Waals surface area contributed by atoms with Crippen molar-refractivity contribution in [2.24, 2.45) is 0 Å². The number of nitrogen functional groups attached to an aromatic ring is 1. The Kier molecular flexibility index (Phi) is 5.03. The Hall–Kier alpha value is -1.22. The first-order valence-electron chi connectivity index (χ1n) is 5.42. The maximum atomic E-state index is 12.4. The summed E-state index contributed by atoms with van der Waals surface area (Å²) in [6.45, 7) is 2.24. The molecular weight excluding hydrogens is 272 g/mol. The van der Waals surface area contributed by atoms with Crippen molar-refractivity contribution in [1.82, 2.24) is 4.31 Å².